The summed E-state index contributed by atoms with van der Waals surface area (Å²) in [5.74, 6) is 1.25. The summed E-state index contributed by atoms with van der Waals surface area (Å²) in [6.07, 6.45) is 2.91. The van der Waals surface area contributed by atoms with Gasteiger partial charge in [0.15, 0.2) is 5.16 Å². The monoisotopic (exact) mass is 348 g/mol. The van der Waals surface area contributed by atoms with E-state index in [9.17, 15) is 9.90 Å². The number of aromatic nitrogens is 2. The van der Waals surface area contributed by atoms with E-state index < -0.39 is 0 Å². The summed E-state index contributed by atoms with van der Waals surface area (Å²) >= 11 is 1.42. The fraction of sp³-hybridized carbons (Fsp3) is 0.444. The van der Waals surface area contributed by atoms with E-state index in [2.05, 4.69) is 31.0 Å². The molecule has 1 aromatic carbocycles. The molecule has 0 amide bonds. The van der Waals surface area contributed by atoms with Crippen molar-refractivity contribution in [2.24, 2.45) is 0 Å². The molecule has 0 saturated heterocycles. The number of hydrogen-bond donors (Lipinski definition) is 1. The van der Waals surface area contributed by atoms with Crippen molar-refractivity contribution in [3.63, 3.8) is 0 Å². The number of benzene rings is 1. The van der Waals surface area contributed by atoms with Gasteiger partial charge in [-0.05, 0) is 30.5 Å². The first-order valence-electron chi connectivity index (χ1n) is 8.29. The van der Waals surface area contributed by atoms with Crippen molar-refractivity contribution in [3.8, 4) is 11.6 Å². The normalized spacial score (nSPS) is 10.8. The Hall–Kier alpha value is -1.95. The highest BCUT2D eigenvalue weighted by Crippen LogP contribution is 2.18. The van der Waals surface area contributed by atoms with Crippen LogP contribution in [0.1, 0.15) is 32.3 Å². The molecule has 1 aromatic heterocycles. The summed E-state index contributed by atoms with van der Waals surface area (Å²) in [5, 5.41) is 10.1. The number of ether oxygens (including phenoxy) is 1. The van der Waals surface area contributed by atoms with E-state index in [0.717, 1.165) is 31.1 Å². The molecule has 0 spiro atoms. The van der Waals surface area contributed by atoms with Gasteiger partial charge in [0.1, 0.15) is 5.75 Å². The predicted octanol–water partition coefficient (Wildman–Crippen LogP) is 3.48. The summed E-state index contributed by atoms with van der Waals surface area (Å²) in [5.41, 5.74) is 1.06. The van der Waals surface area contributed by atoms with Crippen LogP contribution >= 0.6 is 11.8 Å². The van der Waals surface area contributed by atoms with Crippen molar-refractivity contribution in [1.82, 2.24) is 9.55 Å². The van der Waals surface area contributed by atoms with E-state index in [-0.39, 0.29) is 11.4 Å². The Kier molecular flexibility index (Phi) is 7.18. The second-order valence-corrected chi connectivity index (χ2v) is 6.50. The lowest BCUT2D eigenvalue weighted by Crippen LogP contribution is -2.22. The highest BCUT2D eigenvalue weighted by Gasteiger charge is 2.09. The van der Waals surface area contributed by atoms with Crippen LogP contribution < -0.4 is 10.3 Å². The fourth-order valence-corrected chi connectivity index (χ4v) is 3.06. The summed E-state index contributed by atoms with van der Waals surface area (Å²) in [7, 11) is 0. The van der Waals surface area contributed by atoms with Gasteiger partial charge in [-0.1, -0.05) is 44.2 Å². The van der Waals surface area contributed by atoms with Crippen LogP contribution in [0.15, 0.2) is 40.3 Å². The molecule has 0 radical (unpaired) electrons. The maximum Gasteiger partial charge on any atom is 0.257 e. The molecule has 0 unspecified atom stereocenters. The molecule has 2 aromatic rings. The van der Waals surface area contributed by atoms with E-state index >= 15 is 0 Å². The number of nitrogens with zero attached hydrogens (tertiary/aromatic N) is 2. The number of hydrogen-bond acceptors (Lipinski definition) is 5. The molecule has 0 fully saturated rings. The number of aromatic hydroxyl groups is 1. The van der Waals surface area contributed by atoms with Crippen LogP contribution in [0.3, 0.4) is 0 Å². The lowest BCUT2D eigenvalue weighted by atomic mass is 10.2. The van der Waals surface area contributed by atoms with E-state index in [0.29, 0.717) is 24.1 Å². The molecule has 1 N–H and O–H groups in total. The number of unbranched alkanes of at least 4 members (excludes halogenated alkanes) is 1. The summed E-state index contributed by atoms with van der Waals surface area (Å²) < 4.78 is 7.33. The van der Waals surface area contributed by atoms with Crippen LogP contribution in [-0.2, 0) is 13.0 Å². The van der Waals surface area contributed by atoms with E-state index in [1.165, 1.54) is 17.3 Å². The Balaban J connectivity index is 1.92. The second kappa shape index (κ2) is 9.37. The van der Waals surface area contributed by atoms with Crippen LogP contribution in [0, 0.1) is 0 Å². The Morgan fingerprint density at radius 2 is 2.00 bits per heavy atom. The zero-order valence-corrected chi connectivity index (χ0v) is 15.0. The van der Waals surface area contributed by atoms with Crippen molar-refractivity contribution < 1.29 is 9.84 Å². The molecule has 0 aliphatic carbocycles. The predicted molar refractivity (Wildman–Crippen MR) is 97.1 cm³/mol. The Morgan fingerprint density at radius 1 is 1.25 bits per heavy atom. The molecular weight excluding hydrogens is 324 g/mol. The van der Waals surface area contributed by atoms with Gasteiger partial charge in [-0.2, -0.15) is 4.98 Å². The van der Waals surface area contributed by atoms with Gasteiger partial charge in [0, 0.05) is 12.3 Å². The lowest BCUT2D eigenvalue weighted by molar-refractivity contribution is 0.343. The first-order valence-corrected chi connectivity index (χ1v) is 9.28. The molecule has 24 heavy (non-hydrogen) atoms. The van der Waals surface area contributed by atoms with Gasteiger partial charge in [0.2, 0.25) is 5.88 Å². The molecule has 0 aliphatic heterocycles. The third kappa shape index (κ3) is 5.30. The van der Waals surface area contributed by atoms with Crippen LogP contribution in [0.2, 0.25) is 0 Å². The van der Waals surface area contributed by atoms with E-state index in [1.54, 1.807) is 4.57 Å². The smallest absolute Gasteiger partial charge is 0.257 e. The van der Waals surface area contributed by atoms with Gasteiger partial charge in [0.25, 0.3) is 5.56 Å². The van der Waals surface area contributed by atoms with Gasteiger partial charge in [-0.25, -0.2) is 0 Å². The van der Waals surface area contributed by atoms with Crippen LogP contribution in [0.4, 0.5) is 0 Å². The quantitative estimate of drug-likeness (QED) is 0.427. The van der Waals surface area contributed by atoms with Gasteiger partial charge >= 0.3 is 0 Å². The molecule has 2 rings (SSSR count). The van der Waals surface area contributed by atoms with Crippen molar-refractivity contribution in [2.75, 3.05) is 12.4 Å². The first-order chi connectivity index (χ1) is 11.6. The number of rotatable bonds is 9. The summed E-state index contributed by atoms with van der Waals surface area (Å²) in [6.45, 7) is 5.32. The largest absolute Gasteiger partial charge is 0.493 e. The summed E-state index contributed by atoms with van der Waals surface area (Å²) in [6, 6.07) is 9.20. The maximum atomic E-state index is 12.0. The molecular formula is C18H24N2O3S. The molecule has 0 saturated carbocycles. The standard InChI is InChI=1S/C18H24N2O3S/c1-3-5-10-20-17(22)13-16(21)19-18(20)24-12-11-23-15-8-6-14(4-2)7-9-15/h6-9,13,21H,3-5,10-12H2,1-2H3. The average molecular weight is 348 g/mol. The highest BCUT2D eigenvalue weighted by molar-refractivity contribution is 7.99. The second-order valence-electron chi connectivity index (χ2n) is 5.43. The van der Waals surface area contributed by atoms with Gasteiger partial charge in [0.05, 0.1) is 12.7 Å². The Labute approximate surface area is 146 Å². The van der Waals surface area contributed by atoms with Crippen LogP contribution in [-0.4, -0.2) is 27.0 Å². The molecule has 0 bridgehead atoms. The molecule has 5 nitrogen and oxygen atoms in total. The zero-order chi connectivity index (χ0) is 17.4. The minimum atomic E-state index is -0.230. The fourth-order valence-electron chi connectivity index (χ4n) is 2.22. The van der Waals surface area contributed by atoms with Crippen molar-refractivity contribution in [1.29, 1.82) is 0 Å². The average Bonchev–Trinajstić information content (AvgIpc) is 2.58. The van der Waals surface area contributed by atoms with Crippen LogP contribution in [0.5, 0.6) is 11.6 Å². The minimum Gasteiger partial charge on any atom is -0.493 e. The lowest BCUT2D eigenvalue weighted by Gasteiger charge is -2.11. The number of aryl methyl sites for hydroxylation is 1. The van der Waals surface area contributed by atoms with Crippen molar-refractivity contribution >= 4 is 11.8 Å². The van der Waals surface area contributed by atoms with Crippen molar-refractivity contribution in [2.45, 2.75) is 44.8 Å². The number of thioether (sulfide) groups is 1. The first kappa shape index (κ1) is 18.4. The third-order valence-corrected chi connectivity index (χ3v) is 4.55. The van der Waals surface area contributed by atoms with E-state index in [4.69, 9.17) is 4.74 Å². The third-order valence-electron chi connectivity index (χ3n) is 3.61. The molecule has 1 heterocycles. The zero-order valence-electron chi connectivity index (χ0n) is 14.2. The molecule has 0 aliphatic rings. The highest BCUT2D eigenvalue weighted by atomic mass is 32.2. The topological polar surface area (TPSA) is 64.3 Å². The summed E-state index contributed by atoms with van der Waals surface area (Å²) in [4.78, 5) is 16.1. The van der Waals surface area contributed by atoms with Gasteiger partial charge in [-0.15, -0.1) is 0 Å². The van der Waals surface area contributed by atoms with Gasteiger partial charge in [-0.3, -0.25) is 9.36 Å². The molecule has 6 heteroatoms. The molecule has 0 atom stereocenters. The Morgan fingerprint density at radius 3 is 2.67 bits per heavy atom. The Bertz CT molecular complexity index is 698. The van der Waals surface area contributed by atoms with Crippen molar-refractivity contribution in [3.05, 3.63) is 46.2 Å². The van der Waals surface area contributed by atoms with E-state index in [1.807, 2.05) is 12.1 Å². The minimum absolute atomic E-state index is 0.213. The SMILES string of the molecule is CCCCn1c(SCCOc2ccc(CC)cc2)nc(O)cc1=O. The van der Waals surface area contributed by atoms with Crippen LogP contribution in [0.25, 0.3) is 0 Å². The van der Waals surface area contributed by atoms with Gasteiger partial charge < -0.3 is 9.84 Å². The maximum absolute atomic E-state index is 12.0. The molecule has 130 valence electrons.